The third-order valence-corrected chi connectivity index (χ3v) is 6.67. The average Bonchev–Trinajstić information content (AvgIpc) is 3.00. The molecule has 0 unspecified atom stereocenters. The standard InChI is InChI=1S/C19H11BrCl4N2O5/c1-7(19(30)31-6-10(27)25-9-4-2-8(20)3-5-9)26-17(28)11-12(18(26)29)14(22)16(24)15(23)13(11)21/h2-5,7H,6H2,1H3,(H,25,27)/t7-/m1/s1. The van der Waals surface area contributed by atoms with Crippen molar-refractivity contribution >= 4 is 91.7 Å². The van der Waals surface area contributed by atoms with Gasteiger partial charge >= 0.3 is 5.97 Å². The van der Waals surface area contributed by atoms with Crippen molar-refractivity contribution in [1.29, 1.82) is 0 Å². The second-order valence-corrected chi connectivity index (χ2v) is 8.75. The Bertz CT molecular complexity index is 1080. The van der Waals surface area contributed by atoms with Crippen LogP contribution in [0.4, 0.5) is 5.69 Å². The summed E-state index contributed by atoms with van der Waals surface area (Å²) < 4.78 is 5.78. The molecule has 7 nitrogen and oxygen atoms in total. The van der Waals surface area contributed by atoms with Crippen molar-refractivity contribution in [2.75, 3.05) is 11.9 Å². The van der Waals surface area contributed by atoms with Crippen molar-refractivity contribution in [1.82, 2.24) is 4.90 Å². The summed E-state index contributed by atoms with van der Waals surface area (Å²) >= 11 is 27.3. The number of nitrogens with one attached hydrogen (secondary N) is 1. The lowest BCUT2D eigenvalue weighted by Crippen LogP contribution is -2.44. The number of carbonyl (C=O) groups excluding carboxylic acids is 4. The largest absolute Gasteiger partial charge is 0.454 e. The van der Waals surface area contributed by atoms with Crippen molar-refractivity contribution in [3.8, 4) is 0 Å². The zero-order valence-corrected chi connectivity index (χ0v) is 20.1. The summed E-state index contributed by atoms with van der Waals surface area (Å²) in [5, 5.41) is 1.68. The number of nitrogens with zero attached hydrogens (tertiary/aromatic N) is 1. The van der Waals surface area contributed by atoms with Gasteiger partial charge in [-0.25, -0.2) is 4.79 Å². The van der Waals surface area contributed by atoms with E-state index in [0.717, 1.165) is 4.47 Å². The molecule has 0 saturated heterocycles. The molecule has 2 aromatic rings. The first-order valence-electron chi connectivity index (χ1n) is 8.50. The number of hydrogen-bond acceptors (Lipinski definition) is 5. The number of hydrogen-bond donors (Lipinski definition) is 1. The normalized spacial score (nSPS) is 13.8. The van der Waals surface area contributed by atoms with Gasteiger partial charge in [0.15, 0.2) is 6.61 Å². The molecule has 0 radical (unpaired) electrons. The molecule has 1 aliphatic heterocycles. The first-order chi connectivity index (χ1) is 14.5. The fraction of sp³-hybridized carbons (Fsp3) is 0.158. The summed E-state index contributed by atoms with van der Waals surface area (Å²) in [7, 11) is 0. The molecule has 2 aromatic carbocycles. The van der Waals surface area contributed by atoms with E-state index in [0.29, 0.717) is 10.6 Å². The van der Waals surface area contributed by atoms with Gasteiger partial charge in [0.1, 0.15) is 6.04 Å². The number of benzene rings is 2. The van der Waals surface area contributed by atoms with E-state index < -0.39 is 36.3 Å². The van der Waals surface area contributed by atoms with Crippen LogP contribution in [0.25, 0.3) is 0 Å². The van der Waals surface area contributed by atoms with E-state index in [4.69, 9.17) is 51.1 Å². The Morgan fingerprint density at radius 3 is 1.94 bits per heavy atom. The molecule has 1 heterocycles. The van der Waals surface area contributed by atoms with Crippen LogP contribution in [-0.4, -0.2) is 41.2 Å². The monoisotopic (exact) mass is 566 g/mol. The molecule has 162 valence electrons. The zero-order chi connectivity index (χ0) is 23.0. The minimum absolute atomic E-state index is 0.185. The van der Waals surface area contributed by atoms with Crippen LogP contribution in [-0.2, 0) is 14.3 Å². The summed E-state index contributed by atoms with van der Waals surface area (Å²) in [4.78, 5) is 50.6. The van der Waals surface area contributed by atoms with Gasteiger partial charge in [0.2, 0.25) is 0 Å². The van der Waals surface area contributed by atoms with E-state index in [1.165, 1.54) is 6.92 Å². The molecule has 0 spiro atoms. The lowest BCUT2D eigenvalue weighted by atomic mass is 10.1. The van der Waals surface area contributed by atoms with Gasteiger partial charge in [0, 0.05) is 10.2 Å². The quantitative estimate of drug-likeness (QED) is 0.231. The maximum atomic E-state index is 12.8. The predicted molar refractivity (Wildman–Crippen MR) is 120 cm³/mol. The highest BCUT2D eigenvalue weighted by Gasteiger charge is 2.45. The number of halogens is 5. The van der Waals surface area contributed by atoms with Gasteiger partial charge in [-0.3, -0.25) is 19.3 Å². The van der Waals surface area contributed by atoms with Crippen LogP contribution >= 0.6 is 62.3 Å². The first-order valence-corrected chi connectivity index (χ1v) is 10.8. The summed E-state index contributed by atoms with van der Waals surface area (Å²) in [6.45, 7) is 0.642. The molecule has 0 bridgehead atoms. The smallest absolute Gasteiger partial charge is 0.329 e. The Hall–Kier alpha value is -1.84. The highest BCUT2D eigenvalue weighted by Crippen LogP contribution is 2.45. The van der Waals surface area contributed by atoms with Gasteiger partial charge in [-0.15, -0.1) is 0 Å². The second-order valence-electron chi connectivity index (χ2n) is 6.32. The molecule has 1 N–H and O–H groups in total. The summed E-state index contributed by atoms with van der Waals surface area (Å²) in [6, 6.07) is 5.38. The molecule has 1 atom stereocenters. The maximum absolute atomic E-state index is 12.8. The minimum atomic E-state index is -1.36. The fourth-order valence-corrected chi connectivity index (χ4v) is 4.09. The second kappa shape index (κ2) is 9.34. The first kappa shape index (κ1) is 23.8. The number of esters is 1. The van der Waals surface area contributed by atoms with Crippen LogP contribution in [0, 0.1) is 0 Å². The Balaban J connectivity index is 1.71. The van der Waals surface area contributed by atoms with Crippen LogP contribution in [0.2, 0.25) is 20.1 Å². The maximum Gasteiger partial charge on any atom is 0.329 e. The molecule has 0 fully saturated rings. The third kappa shape index (κ3) is 4.54. The number of imide groups is 1. The van der Waals surface area contributed by atoms with Gasteiger partial charge in [-0.2, -0.15) is 0 Å². The number of ether oxygens (including phenoxy) is 1. The van der Waals surface area contributed by atoms with E-state index in [9.17, 15) is 19.2 Å². The van der Waals surface area contributed by atoms with Crippen molar-refractivity contribution < 1.29 is 23.9 Å². The van der Waals surface area contributed by atoms with Crippen molar-refractivity contribution in [2.24, 2.45) is 0 Å². The van der Waals surface area contributed by atoms with Gasteiger partial charge in [0.25, 0.3) is 17.7 Å². The number of anilines is 1. The molecule has 3 amide bonds. The van der Waals surface area contributed by atoms with Crippen LogP contribution in [0.15, 0.2) is 28.7 Å². The van der Waals surface area contributed by atoms with E-state index in [2.05, 4.69) is 21.2 Å². The van der Waals surface area contributed by atoms with Crippen LogP contribution < -0.4 is 5.32 Å². The van der Waals surface area contributed by atoms with Crippen LogP contribution in [0.5, 0.6) is 0 Å². The van der Waals surface area contributed by atoms with Crippen LogP contribution in [0.1, 0.15) is 27.6 Å². The Kier molecular flexibility index (Phi) is 7.18. The molecule has 3 rings (SSSR count). The van der Waals surface area contributed by atoms with Gasteiger partial charge < -0.3 is 10.1 Å². The van der Waals surface area contributed by atoms with Crippen LogP contribution in [0.3, 0.4) is 0 Å². The highest BCUT2D eigenvalue weighted by molar-refractivity contribution is 9.10. The topological polar surface area (TPSA) is 92.8 Å². The Labute approximate surface area is 204 Å². The van der Waals surface area contributed by atoms with Crippen molar-refractivity contribution in [3.63, 3.8) is 0 Å². The molecule has 12 heteroatoms. The van der Waals surface area contributed by atoms with Gasteiger partial charge in [0.05, 0.1) is 31.2 Å². The number of carbonyl (C=O) groups is 4. The predicted octanol–water partition coefficient (Wildman–Crippen LogP) is 5.23. The average molecular weight is 569 g/mol. The molecular formula is C19H11BrCl4N2O5. The lowest BCUT2D eigenvalue weighted by Gasteiger charge is -2.20. The molecule has 1 aliphatic rings. The van der Waals surface area contributed by atoms with Crippen molar-refractivity contribution in [2.45, 2.75) is 13.0 Å². The third-order valence-electron chi connectivity index (χ3n) is 4.33. The van der Waals surface area contributed by atoms with Gasteiger partial charge in [-0.05, 0) is 31.2 Å². The fourth-order valence-electron chi connectivity index (χ4n) is 2.81. The van der Waals surface area contributed by atoms with E-state index in [1.54, 1.807) is 24.3 Å². The summed E-state index contributed by atoms with van der Waals surface area (Å²) in [5.41, 5.74) is -0.00640. The highest BCUT2D eigenvalue weighted by atomic mass is 79.9. The SMILES string of the molecule is C[C@H](C(=O)OCC(=O)Nc1ccc(Br)cc1)N1C(=O)c2c(Cl)c(Cl)c(Cl)c(Cl)c2C1=O. The minimum Gasteiger partial charge on any atom is -0.454 e. The van der Waals surface area contributed by atoms with E-state index in [-0.39, 0.29) is 31.2 Å². The number of amides is 3. The molecule has 0 aliphatic carbocycles. The summed E-state index contributed by atoms with van der Waals surface area (Å²) in [5.74, 6) is -3.34. The van der Waals surface area contributed by atoms with Gasteiger partial charge in [-0.1, -0.05) is 62.3 Å². The number of fused-ring (bicyclic) bond motifs is 1. The molecular weight excluding hydrogens is 558 g/mol. The van der Waals surface area contributed by atoms with E-state index in [1.807, 2.05) is 0 Å². The molecule has 31 heavy (non-hydrogen) atoms. The van der Waals surface area contributed by atoms with E-state index >= 15 is 0 Å². The summed E-state index contributed by atoms with van der Waals surface area (Å²) in [6.07, 6.45) is 0. The lowest BCUT2D eigenvalue weighted by molar-refractivity contribution is -0.150. The Morgan fingerprint density at radius 2 is 1.45 bits per heavy atom. The molecule has 0 saturated carbocycles. The zero-order valence-electron chi connectivity index (χ0n) is 15.5. The molecule has 0 aromatic heterocycles. The Morgan fingerprint density at radius 1 is 0.968 bits per heavy atom. The van der Waals surface area contributed by atoms with Crippen molar-refractivity contribution in [3.05, 3.63) is 60.0 Å². The number of rotatable bonds is 5.